The molecule has 3 fully saturated rings. The molecule has 2 atom stereocenters. The number of halogens is 1. The van der Waals surface area contributed by atoms with Gasteiger partial charge in [-0.3, -0.25) is 0 Å². The molecule has 2 aliphatic heterocycles. The molecule has 98 valence electrons. The maximum Gasteiger partial charge on any atom is 0.0710 e. The van der Waals surface area contributed by atoms with Crippen LogP contribution in [0.1, 0.15) is 44.9 Å². The first-order valence-corrected chi connectivity index (χ1v) is 7.79. The molecule has 3 rings (SSSR count). The molecule has 3 aliphatic rings. The van der Waals surface area contributed by atoms with E-state index in [9.17, 15) is 0 Å². The molecule has 0 bridgehead atoms. The van der Waals surface area contributed by atoms with Crippen LogP contribution in [0.25, 0.3) is 0 Å². The molecule has 2 nitrogen and oxygen atoms in total. The highest BCUT2D eigenvalue weighted by Crippen LogP contribution is 2.43. The molecule has 3 heteroatoms. The van der Waals surface area contributed by atoms with E-state index in [1.54, 1.807) is 0 Å². The third kappa shape index (κ3) is 2.64. The Kier molecular flexibility index (Phi) is 3.65. The van der Waals surface area contributed by atoms with Gasteiger partial charge in [0.1, 0.15) is 0 Å². The van der Waals surface area contributed by atoms with Crippen molar-refractivity contribution in [2.75, 3.05) is 25.5 Å². The number of hydrogen-bond donors (Lipinski definition) is 0. The fourth-order valence-electron chi connectivity index (χ4n) is 3.90. The first-order chi connectivity index (χ1) is 8.30. The molecule has 0 amide bonds. The lowest BCUT2D eigenvalue weighted by atomic mass is 9.98. The molecule has 2 heterocycles. The SMILES string of the molecule is ClCC1CCN(CC2CCC3(CCCC3)O2)C1. The second-order valence-corrected chi connectivity index (χ2v) is 6.55. The Morgan fingerprint density at radius 1 is 1.18 bits per heavy atom. The number of ether oxygens (including phenoxy) is 1. The van der Waals surface area contributed by atoms with Gasteiger partial charge in [0.25, 0.3) is 0 Å². The standard InChI is InChI=1S/C14H24ClNO/c15-9-12-4-8-16(10-12)11-13-3-7-14(17-13)5-1-2-6-14/h12-13H,1-11H2. The molecular weight excluding hydrogens is 234 g/mol. The lowest BCUT2D eigenvalue weighted by Crippen LogP contribution is -2.33. The van der Waals surface area contributed by atoms with Crippen LogP contribution >= 0.6 is 11.6 Å². The minimum atomic E-state index is 0.302. The van der Waals surface area contributed by atoms with Crippen LogP contribution in [0.3, 0.4) is 0 Å². The van der Waals surface area contributed by atoms with E-state index in [2.05, 4.69) is 4.90 Å². The van der Waals surface area contributed by atoms with Gasteiger partial charge in [0.05, 0.1) is 11.7 Å². The van der Waals surface area contributed by atoms with Gasteiger partial charge in [-0.1, -0.05) is 12.8 Å². The number of likely N-dealkylation sites (tertiary alicyclic amines) is 1. The van der Waals surface area contributed by atoms with Crippen LogP contribution in [0.5, 0.6) is 0 Å². The van der Waals surface area contributed by atoms with Gasteiger partial charge in [-0.25, -0.2) is 0 Å². The van der Waals surface area contributed by atoms with Gasteiger partial charge < -0.3 is 9.64 Å². The average Bonchev–Trinajstić information content (AvgIpc) is 3.03. The molecule has 1 aliphatic carbocycles. The highest BCUT2D eigenvalue weighted by Gasteiger charge is 2.42. The molecule has 0 aromatic heterocycles. The zero-order valence-corrected chi connectivity index (χ0v) is 11.4. The lowest BCUT2D eigenvalue weighted by Gasteiger charge is -2.26. The molecule has 0 N–H and O–H groups in total. The van der Waals surface area contributed by atoms with Gasteiger partial charge in [0, 0.05) is 19.0 Å². The summed E-state index contributed by atoms with van der Waals surface area (Å²) in [7, 11) is 0. The number of rotatable bonds is 3. The van der Waals surface area contributed by atoms with E-state index in [1.807, 2.05) is 0 Å². The summed E-state index contributed by atoms with van der Waals surface area (Å²) in [4.78, 5) is 2.56. The summed E-state index contributed by atoms with van der Waals surface area (Å²) in [6.45, 7) is 3.57. The summed E-state index contributed by atoms with van der Waals surface area (Å²) in [6.07, 6.45) is 9.76. The monoisotopic (exact) mass is 257 g/mol. The van der Waals surface area contributed by atoms with Crippen molar-refractivity contribution in [2.45, 2.75) is 56.7 Å². The molecule has 1 saturated carbocycles. The van der Waals surface area contributed by atoms with Crippen LogP contribution < -0.4 is 0 Å². The van der Waals surface area contributed by atoms with Crippen molar-refractivity contribution in [3.05, 3.63) is 0 Å². The molecule has 2 saturated heterocycles. The van der Waals surface area contributed by atoms with Gasteiger partial charge in [0.2, 0.25) is 0 Å². The molecule has 0 aromatic rings. The molecule has 2 unspecified atom stereocenters. The van der Waals surface area contributed by atoms with E-state index < -0.39 is 0 Å². The second kappa shape index (κ2) is 5.07. The maximum absolute atomic E-state index is 6.37. The number of alkyl halides is 1. The Bertz CT molecular complexity index is 265. The molecule has 1 spiro atoms. The minimum absolute atomic E-state index is 0.302. The van der Waals surface area contributed by atoms with Crippen LogP contribution in [0.2, 0.25) is 0 Å². The maximum atomic E-state index is 6.37. The van der Waals surface area contributed by atoms with Gasteiger partial charge >= 0.3 is 0 Å². The summed E-state index contributed by atoms with van der Waals surface area (Å²) in [5.74, 6) is 1.55. The summed E-state index contributed by atoms with van der Waals surface area (Å²) >= 11 is 5.93. The van der Waals surface area contributed by atoms with Crippen molar-refractivity contribution in [3.63, 3.8) is 0 Å². The smallest absolute Gasteiger partial charge is 0.0710 e. The van der Waals surface area contributed by atoms with Crippen LogP contribution in [0.4, 0.5) is 0 Å². The quantitative estimate of drug-likeness (QED) is 0.721. The summed E-state index contributed by atoms with van der Waals surface area (Å²) < 4.78 is 6.37. The van der Waals surface area contributed by atoms with Crippen molar-refractivity contribution in [1.82, 2.24) is 4.90 Å². The van der Waals surface area contributed by atoms with Gasteiger partial charge in [-0.2, -0.15) is 0 Å². The first kappa shape index (κ1) is 12.3. The second-order valence-electron chi connectivity index (χ2n) is 6.24. The third-order valence-corrected chi connectivity index (χ3v) is 5.34. The first-order valence-electron chi connectivity index (χ1n) is 7.26. The predicted octanol–water partition coefficient (Wildman–Crippen LogP) is 3.04. The van der Waals surface area contributed by atoms with Crippen LogP contribution in [0, 0.1) is 5.92 Å². The zero-order valence-electron chi connectivity index (χ0n) is 10.7. The summed E-state index contributed by atoms with van der Waals surface area (Å²) in [5.41, 5.74) is 0.302. The molecule has 17 heavy (non-hydrogen) atoms. The summed E-state index contributed by atoms with van der Waals surface area (Å²) in [5, 5.41) is 0. The Labute approximate surface area is 110 Å². The van der Waals surface area contributed by atoms with Crippen molar-refractivity contribution in [3.8, 4) is 0 Å². The van der Waals surface area contributed by atoms with E-state index in [4.69, 9.17) is 16.3 Å². The fourth-order valence-corrected chi connectivity index (χ4v) is 4.16. The van der Waals surface area contributed by atoms with Crippen LogP contribution in [-0.4, -0.2) is 42.1 Å². The van der Waals surface area contributed by atoms with E-state index in [1.165, 1.54) is 58.0 Å². The van der Waals surface area contributed by atoms with Crippen molar-refractivity contribution in [2.24, 2.45) is 5.92 Å². The Morgan fingerprint density at radius 2 is 2.00 bits per heavy atom. The largest absolute Gasteiger partial charge is 0.370 e. The third-order valence-electron chi connectivity index (χ3n) is 4.90. The van der Waals surface area contributed by atoms with Crippen molar-refractivity contribution < 1.29 is 4.74 Å². The van der Waals surface area contributed by atoms with Crippen LogP contribution in [-0.2, 0) is 4.74 Å². The number of hydrogen-bond acceptors (Lipinski definition) is 2. The Balaban J connectivity index is 1.47. The zero-order chi connectivity index (χ0) is 11.7. The predicted molar refractivity (Wildman–Crippen MR) is 70.6 cm³/mol. The van der Waals surface area contributed by atoms with E-state index >= 15 is 0 Å². The normalized spacial score (nSPS) is 37.2. The van der Waals surface area contributed by atoms with E-state index in [0.29, 0.717) is 11.7 Å². The topological polar surface area (TPSA) is 12.5 Å². The highest BCUT2D eigenvalue weighted by molar-refractivity contribution is 6.18. The highest BCUT2D eigenvalue weighted by atomic mass is 35.5. The lowest BCUT2D eigenvalue weighted by molar-refractivity contribution is -0.0455. The fraction of sp³-hybridized carbons (Fsp3) is 1.00. The average molecular weight is 258 g/mol. The minimum Gasteiger partial charge on any atom is -0.370 e. The Hall–Kier alpha value is 0.210. The van der Waals surface area contributed by atoms with Gasteiger partial charge in [0.15, 0.2) is 0 Å². The van der Waals surface area contributed by atoms with Gasteiger partial charge in [-0.15, -0.1) is 11.6 Å². The van der Waals surface area contributed by atoms with Gasteiger partial charge in [-0.05, 0) is 44.6 Å². The summed E-state index contributed by atoms with van der Waals surface area (Å²) in [6, 6.07) is 0. The number of nitrogens with zero attached hydrogens (tertiary/aromatic N) is 1. The van der Waals surface area contributed by atoms with E-state index in [0.717, 1.165) is 18.3 Å². The van der Waals surface area contributed by atoms with Crippen molar-refractivity contribution >= 4 is 11.6 Å². The molecular formula is C14H24ClNO. The van der Waals surface area contributed by atoms with Crippen molar-refractivity contribution in [1.29, 1.82) is 0 Å². The molecule has 0 aromatic carbocycles. The Morgan fingerprint density at radius 3 is 2.71 bits per heavy atom. The van der Waals surface area contributed by atoms with E-state index in [-0.39, 0.29) is 0 Å². The molecule has 0 radical (unpaired) electrons. The van der Waals surface area contributed by atoms with Crippen LogP contribution in [0.15, 0.2) is 0 Å².